The molecule has 1 N–H and O–H groups in total. The maximum atomic E-state index is 11.8. The van der Waals surface area contributed by atoms with Crippen LogP contribution in [-0.4, -0.2) is 34.1 Å². The Kier molecular flexibility index (Phi) is 2.77. The Balaban J connectivity index is 2.37. The van der Waals surface area contributed by atoms with Crippen molar-refractivity contribution in [3.63, 3.8) is 0 Å². The minimum absolute atomic E-state index is 0.0820. The Morgan fingerprint density at radius 3 is 3.07 bits per heavy atom. The van der Waals surface area contributed by atoms with Crippen LogP contribution in [0.4, 0.5) is 5.95 Å². The van der Waals surface area contributed by atoms with Gasteiger partial charge < -0.3 is 10.1 Å². The lowest BCUT2D eigenvalue weighted by molar-refractivity contribution is 0.186. The highest BCUT2D eigenvalue weighted by atomic mass is 16.5. The first-order valence-corrected chi connectivity index (χ1v) is 5.21. The number of hydrogen-bond donors (Lipinski definition) is 1. The first kappa shape index (κ1) is 10.2. The number of rotatable bonds is 3. The van der Waals surface area contributed by atoms with Crippen LogP contribution >= 0.6 is 0 Å². The number of aryl methyl sites for hydroxylation is 1. The van der Waals surface area contributed by atoms with Crippen molar-refractivity contribution < 1.29 is 4.74 Å². The first-order chi connectivity index (χ1) is 7.24. The zero-order valence-corrected chi connectivity index (χ0v) is 9.06. The highest BCUT2D eigenvalue weighted by Crippen LogP contribution is 2.19. The molecule has 15 heavy (non-hydrogen) atoms. The number of nitrogens with one attached hydrogen (secondary N) is 1. The van der Waals surface area contributed by atoms with E-state index < -0.39 is 0 Å². The van der Waals surface area contributed by atoms with Crippen molar-refractivity contribution in [3.05, 3.63) is 10.5 Å². The van der Waals surface area contributed by atoms with Crippen LogP contribution in [0.5, 0.6) is 0 Å². The Labute approximate surface area is 87.8 Å². The number of hydrogen-bond acceptors (Lipinski definition) is 4. The molecule has 6 heteroatoms. The van der Waals surface area contributed by atoms with Gasteiger partial charge in [0.15, 0.2) is 0 Å². The Morgan fingerprint density at radius 1 is 1.67 bits per heavy atom. The van der Waals surface area contributed by atoms with Gasteiger partial charge in [0.25, 0.3) is 0 Å². The van der Waals surface area contributed by atoms with E-state index in [9.17, 15) is 4.79 Å². The Morgan fingerprint density at radius 2 is 2.47 bits per heavy atom. The highest BCUT2D eigenvalue weighted by Gasteiger charge is 2.23. The third kappa shape index (κ3) is 1.77. The van der Waals surface area contributed by atoms with Gasteiger partial charge in [0.2, 0.25) is 5.95 Å². The molecule has 1 aliphatic rings. The third-order valence-corrected chi connectivity index (χ3v) is 2.56. The molecule has 0 saturated carbocycles. The van der Waals surface area contributed by atoms with Crippen LogP contribution < -0.4 is 11.0 Å². The Hall–Kier alpha value is -1.30. The van der Waals surface area contributed by atoms with Crippen molar-refractivity contribution in [1.29, 1.82) is 0 Å². The van der Waals surface area contributed by atoms with Crippen LogP contribution in [0.3, 0.4) is 0 Å². The normalized spacial score (nSPS) is 20.8. The van der Waals surface area contributed by atoms with E-state index in [1.807, 2.05) is 6.92 Å². The molecule has 2 rings (SSSR count). The molecule has 1 unspecified atom stereocenters. The minimum Gasteiger partial charge on any atom is -0.379 e. The van der Waals surface area contributed by atoms with Crippen molar-refractivity contribution in [1.82, 2.24) is 14.3 Å². The van der Waals surface area contributed by atoms with Crippen LogP contribution in [0.1, 0.15) is 19.4 Å². The predicted octanol–water partition coefficient (Wildman–Crippen LogP) is -0.0250. The monoisotopic (exact) mass is 212 g/mol. The van der Waals surface area contributed by atoms with Crippen molar-refractivity contribution in [2.75, 3.05) is 25.1 Å². The van der Waals surface area contributed by atoms with Gasteiger partial charge in [0.05, 0.1) is 12.6 Å². The summed E-state index contributed by atoms with van der Waals surface area (Å²) in [5.74, 6) is 0.639. The van der Waals surface area contributed by atoms with Gasteiger partial charge in [-0.2, -0.15) is 0 Å². The summed E-state index contributed by atoms with van der Waals surface area (Å²) < 4.78 is 8.33. The van der Waals surface area contributed by atoms with Gasteiger partial charge in [0.1, 0.15) is 0 Å². The highest BCUT2D eigenvalue weighted by molar-refractivity contribution is 5.24. The second-order valence-electron chi connectivity index (χ2n) is 3.65. The zero-order chi connectivity index (χ0) is 10.8. The van der Waals surface area contributed by atoms with Crippen LogP contribution in [0.25, 0.3) is 0 Å². The fourth-order valence-corrected chi connectivity index (χ4v) is 1.81. The fraction of sp³-hybridized carbons (Fsp3) is 0.778. The summed E-state index contributed by atoms with van der Waals surface area (Å²) >= 11 is 0. The summed E-state index contributed by atoms with van der Waals surface area (Å²) in [6.45, 7) is 4.06. The van der Waals surface area contributed by atoms with Gasteiger partial charge >= 0.3 is 5.69 Å². The molecule has 0 aromatic carbocycles. The van der Waals surface area contributed by atoms with E-state index in [4.69, 9.17) is 4.74 Å². The van der Waals surface area contributed by atoms with E-state index in [0.717, 1.165) is 19.6 Å². The van der Waals surface area contributed by atoms with Crippen LogP contribution in [-0.2, 0) is 11.8 Å². The Bertz CT molecular complexity index is 389. The molecule has 2 heterocycles. The number of nitrogens with zero attached hydrogens (tertiary/aromatic N) is 3. The van der Waals surface area contributed by atoms with Crippen LogP contribution in [0.15, 0.2) is 4.79 Å². The van der Waals surface area contributed by atoms with E-state index in [1.165, 1.54) is 4.68 Å². The SMILES string of the molecule is CCNc1nn(C)c(=O)n1C1CCOC1. The molecule has 0 spiro atoms. The first-order valence-electron chi connectivity index (χ1n) is 5.21. The molecule has 84 valence electrons. The molecule has 0 bridgehead atoms. The maximum absolute atomic E-state index is 11.8. The van der Waals surface area contributed by atoms with Gasteiger partial charge in [-0.05, 0) is 13.3 Å². The summed E-state index contributed by atoms with van der Waals surface area (Å²) in [4.78, 5) is 11.8. The molecule has 0 radical (unpaired) electrons. The fourth-order valence-electron chi connectivity index (χ4n) is 1.81. The summed E-state index contributed by atoms with van der Waals surface area (Å²) in [6.07, 6.45) is 0.879. The second-order valence-corrected chi connectivity index (χ2v) is 3.65. The molecule has 1 fully saturated rings. The average molecular weight is 212 g/mol. The molecule has 1 aliphatic heterocycles. The minimum atomic E-state index is -0.0820. The summed E-state index contributed by atoms with van der Waals surface area (Å²) in [5, 5.41) is 7.24. The molecular weight excluding hydrogens is 196 g/mol. The smallest absolute Gasteiger partial charge is 0.347 e. The number of aromatic nitrogens is 3. The van der Waals surface area contributed by atoms with E-state index in [1.54, 1.807) is 11.6 Å². The molecule has 0 aliphatic carbocycles. The molecule has 1 aromatic heterocycles. The lowest BCUT2D eigenvalue weighted by Gasteiger charge is -2.11. The van der Waals surface area contributed by atoms with Gasteiger partial charge in [-0.1, -0.05) is 0 Å². The molecule has 1 aromatic rings. The van der Waals surface area contributed by atoms with Crippen molar-refractivity contribution in [3.8, 4) is 0 Å². The average Bonchev–Trinajstić information content (AvgIpc) is 2.78. The zero-order valence-electron chi connectivity index (χ0n) is 9.06. The third-order valence-electron chi connectivity index (χ3n) is 2.56. The number of ether oxygens (including phenoxy) is 1. The van der Waals surface area contributed by atoms with Crippen molar-refractivity contribution in [2.24, 2.45) is 7.05 Å². The van der Waals surface area contributed by atoms with Crippen LogP contribution in [0.2, 0.25) is 0 Å². The van der Waals surface area contributed by atoms with E-state index in [-0.39, 0.29) is 11.7 Å². The largest absolute Gasteiger partial charge is 0.379 e. The van der Waals surface area contributed by atoms with E-state index >= 15 is 0 Å². The summed E-state index contributed by atoms with van der Waals surface area (Å²) in [7, 11) is 1.66. The quantitative estimate of drug-likeness (QED) is 0.764. The van der Waals surface area contributed by atoms with Gasteiger partial charge in [-0.25, -0.2) is 9.48 Å². The van der Waals surface area contributed by atoms with Crippen molar-refractivity contribution >= 4 is 5.95 Å². The van der Waals surface area contributed by atoms with Gasteiger partial charge in [0, 0.05) is 20.2 Å². The molecule has 0 amide bonds. The second kappa shape index (κ2) is 4.06. The molecule has 1 saturated heterocycles. The van der Waals surface area contributed by atoms with Gasteiger partial charge in [-0.15, -0.1) is 5.10 Å². The summed E-state index contributed by atoms with van der Waals surface area (Å²) in [5.41, 5.74) is -0.0820. The predicted molar refractivity (Wildman–Crippen MR) is 56.1 cm³/mol. The summed E-state index contributed by atoms with van der Waals surface area (Å²) in [6, 6.07) is 0.125. The van der Waals surface area contributed by atoms with E-state index in [2.05, 4.69) is 10.4 Å². The molecule has 6 nitrogen and oxygen atoms in total. The van der Waals surface area contributed by atoms with Gasteiger partial charge in [-0.3, -0.25) is 4.57 Å². The maximum Gasteiger partial charge on any atom is 0.347 e. The molecule has 1 atom stereocenters. The standard InChI is InChI=1S/C9H16N4O2/c1-3-10-8-11-12(2)9(14)13(8)7-4-5-15-6-7/h7H,3-6H2,1-2H3,(H,10,11). The topological polar surface area (TPSA) is 61.1 Å². The molecular formula is C9H16N4O2. The lowest BCUT2D eigenvalue weighted by atomic mass is 10.2. The van der Waals surface area contributed by atoms with Crippen LogP contribution in [0, 0.1) is 0 Å². The number of anilines is 1. The van der Waals surface area contributed by atoms with E-state index in [0.29, 0.717) is 12.6 Å². The lowest BCUT2D eigenvalue weighted by Crippen LogP contribution is -2.27. The van der Waals surface area contributed by atoms with Crippen molar-refractivity contribution in [2.45, 2.75) is 19.4 Å².